The normalized spacial score (nSPS) is 15.6. The minimum Gasteiger partial charge on any atom is -0.508 e. The van der Waals surface area contributed by atoms with Crippen LogP contribution in [0, 0.1) is 0 Å². The fraction of sp³-hybridized carbons (Fsp3) is 0.250. The highest BCUT2D eigenvalue weighted by molar-refractivity contribution is 9.10. The zero-order chi connectivity index (χ0) is 36.2. The average Bonchev–Trinajstić information content (AvgIpc) is 3.61. The molecule has 3 heterocycles. The van der Waals surface area contributed by atoms with Gasteiger partial charge >= 0.3 is 0 Å². The third-order valence-electron chi connectivity index (χ3n) is 8.99. The fourth-order valence-electron chi connectivity index (χ4n) is 6.34. The van der Waals surface area contributed by atoms with Crippen molar-refractivity contribution in [2.75, 3.05) is 19.8 Å². The van der Waals surface area contributed by atoms with Gasteiger partial charge in [0.15, 0.2) is 5.75 Å². The van der Waals surface area contributed by atoms with Crippen molar-refractivity contribution in [2.24, 2.45) is 0 Å². The Kier molecular flexibility index (Phi) is 10.7. The first kappa shape index (κ1) is 35.4. The topological polar surface area (TPSA) is 131 Å². The van der Waals surface area contributed by atoms with E-state index in [4.69, 9.17) is 14.2 Å². The van der Waals surface area contributed by atoms with Gasteiger partial charge in [0.1, 0.15) is 23.3 Å². The number of nitrogens with zero attached hydrogens (tertiary/aromatic N) is 1. The Hall–Kier alpha value is -5.04. The Morgan fingerprint density at radius 2 is 1.56 bits per heavy atom. The minimum atomic E-state index is -0.968. The third-order valence-corrected chi connectivity index (χ3v) is 10.7. The van der Waals surface area contributed by atoms with Gasteiger partial charge in [-0.2, -0.15) is 0 Å². The number of hydrogen-bond acceptors (Lipinski definition) is 9. The number of aryl methyl sites for hydroxylation is 1. The van der Waals surface area contributed by atoms with Gasteiger partial charge in [0.25, 0.3) is 11.8 Å². The quantitative estimate of drug-likeness (QED) is 0.0855. The van der Waals surface area contributed by atoms with E-state index in [-0.39, 0.29) is 24.2 Å². The number of aromatic hydroxyl groups is 1. The molecule has 0 radical (unpaired) electrons. The highest BCUT2D eigenvalue weighted by Gasteiger charge is 2.44. The first-order valence-corrected chi connectivity index (χ1v) is 18.7. The summed E-state index contributed by atoms with van der Waals surface area (Å²) in [5.41, 5.74) is 2.55. The van der Waals surface area contributed by atoms with Gasteiger partial charge in [-0.3, -0.25) is 29.4 Å². The molecule has 1 aromatic heterocycles. The van der Waals surface area contributed by atoms with Crippen molar-refractivity contribution in [3.05, 3.63) is 106 Å². The van der Waals surface area contributed by atoms with Crippen molar-refractivity contribution < 1.29 is 38.5 Å². The molecule has 52 heavy (non-hydrogen) atoms. The molecule has 2 aliphatic heterocycles. The molecule has 266 valence electrons. The van der Waals surface area contributed by atoms with Gasteiger partial charge in [-0.25, -0.2) is 0 Å². The van der Waals surface area contributed by atoms with E-state index in [2.05, 4.69) is 21.2 Å². The van der Waals surface area contributed by atoms with Crippen molar-refractivity contribution in [3.63, 3.8) is 0 Å². The molecule has 4 amide bonds. The molecule has 2 aliphatic rings. The molecule has 4 aromatic carbocycles. The van der Waals surface area contributed by atoms with Crippen LogP contribution in [-0.4, -0.2) is 59.5 Å². The zero-order valence-electron chi connectivity index (χ0n) is 28.1. The Morgan fingerprint density at radius 3 is 2.35 bits per heavy atom. The van der Waals surface area contributed by atoms with Crippen molar-refractivity contribution in [2.45, 2.75) is 44.6 Å². The molecule has 2 N–H and O–H groups in total. The lowest BCUT2D eigenvalue weighted by Crippen LogP contribution is -2.54. The number of thiophene rings is 1. The second-order valence-electron chi connectivity index (χ2n) is 12.6. The van der Waals surface area contributed by atoms with Crippen LogP contribution in [0.1, 0.15) is 58.4 Å². The maximum absolute atomic E-state index is 13.1. The van der Waals surface area contributed by atoms with Crippen molar-refractivity contribution in [3.8, 4) is 33.4 Å². The number of benzene rings is 4. The largest absolute Gasteiger partial charge is 0.508 e. The summed E-state index contributed by atoms with van der Waals surface area (Å²) in [5, 5.41) is 13.2. The summed E-state index contributed by atoms with van der Waals surface area (Å²) in [5.74, 6) is 0.359. The molecule has 7 rings (SSSR count). The number of ether oxygens (including phenoxy) is 3. The summed E-state index contributed by atoms with van der Waals surface area (Å²) < 4.78 is 20.1. The summed E-state index contributed by atoms with van der Waals surface area (Å²) in [4.78, 5) is 51.7. The van der Waals surface area contributed by atoms with Gasteiger partial charge in [-0.05, 0) is 104 Å². The average molecular weight is 784 g/mol. The van der Waals surface area contributed by atoms with Crippen LogP contribution < -0.4 is 14.8 Å². The third kappa shape index (κ3) is 7.74. The smallest absolute Gasteiger partial charge is 0.262 e. The van der Waals surface area contributed by atoms with Crippen LogP contribution in [0.3, 0.4) is 0 Å². The highest BCUT2D eigenvalue weighted by Crippen LogP contribution is 2.47. The molecule has 1 unspecified atom stereocenters. The molecule has 10 nitrogen and oxygen atoms in total. The lowest BCUT2D eigenvalue weighted by Gasteiger charge is -2.27. The molecular weight excluding hydrogens is 748 g/mol. The number of nitrogens with one attached hydrogen (secondary N) is 1. The number of unbranched alkanes of at least 4 members (excludes halogenated alkanes) is 1. The van der Waals surface area contributed by atoms with Crippen molar-refractivity contribution in [1.82, 2.24) is 10.2 Å². The molecule has 0 spiro atoms. The number of phenolic OH excluding ortho intramolecular Hbond substituents is 1. The van der Waals surface area contributed by atoms with Gasteiger partial charge < -0.3 is 19.3 Å². The maximum Gasteiger partial charge on any atom is 0.262 e. The van der Waals surface area contributed by atoms with Crippen LogP contribution in [0.4, 0.5) is 0 Å². The van der Waals surface area contributed by atoms with E-state index in [0.29, 0.717) is 31.1 Å². The van der Waals surface area contributed by atoms with Crippen LogP contribution in [0.25, 0.3) is 20.5 Å². The predicted molar refractivity (Wildman–Crippen MR) is 200 cm³/mol. The molecule has 0 saturated carbocycles. The van der Waals surface area contributed by atoms with E-state index >= 15 is 0 Å². The second kappa shape index (κ2) is 15.7. The number of rotatable bonds is 14. The zero-order valence-corrected chi connectivity index (χ0v) is 30.5. The first-order chi connectivity index (χ1) is 25.2. The van der Waals surface area contributed by atoms with Crippen LogP contribution in [0.15, 0.2) is 89.4 Å². The number of hydrogen-bond donors (Lipinski definition) is 2. The van der Waals surface area contributed by atoms with Crippen LogP contribution >= 0.6 is 27.3 Å². The Bertz CT molecular complexity index is 2150. The Balaban J connectivity index is 0.827. The summed E-state index contributed by atoms with van der Waals surface area (Å²) in [6, 6.07) is 25.1. The summed E-state index contributed by atoms with van der Waals surface area (Å²) in [6.07, 6.45) is 3.35. The van der Waals surface area contributed by atoms with E-state index < -0.39 is 29.7 Å². The van der Waals surface area contributed by atoms with E-state index in [1.807, 2.05) is 60.7 Å². The molecule has 1 fully saturated rings. The number of fused-ring (bicyclic) bond motifs is 2. The van der Waals surface area contributed by atoms with Gasteiger partial charge in [0, 0.05) is 40.6 Å². The van der Waals surface area contributed by atoms with Crippen LogP contribution in [-0.2, 0) is 20.7 Å². The molecule has 5 aromatic rings. The SMILES string of the molecule is O=C1CCC(N2C(=O)c3ccc(CCCCOCCCOc4ccc(Oc5c(-c6ccc(Br)cc6)sc6cc(O)ccc56)cc4)cc3C2=O)C(=O)N1. The Labute approximate surface area is 312 Å². The maximum atomic E-state index is 13.1. The number of halogens is 1. The van der Waals surface area contributed by atoms with Crippen molar-refractivity contribution >= 4 is 61.0 Å². The standard InChI is InChI=1S/C40H35BrN2O8S/c41-26-8-6-25(7-9-26)37-36(31-16-10-27(44)23-34(31)52-37)51-29-13-11-28(12-14-29)50-21-3-20-49-19-2-1-4-24-5-15-30-32(22-24)40(48)43(39(30)47)33-17-18-35(45)42-38(33)46/h5-16,22-23,33,44H,1-4,17-21H2,(H,42,45,46). The second-order valence-corrected chi connectivity index (χ2v) is 14.6. The summed E-state index contributed by atoms with van der Waals surface area (Å²) in [6.45, 7) is 1.66. The van der Waals surface area contributed by atoms with E-state index in [9.17, 15) is 24.3 Å². The Morgan fingerprint density at radius 1 is 0.808 bits per heavy atom. The lowest BCUT2D eigenvalue weighted by atomic mass is 10.0. The molecule has 0 bridgehead atoms. The minimum absolute atomic E-state index is 0.0902. The molecule has 1 saturated heterocycles. The fourth-order valence-corrected chi connectivity index (χ4v) is 7.77. The summed E-state index contributed by atoms with van der Waals surface area (Å²) in [7, 11) is 0. The molecule has 1 atom stereocenters. The molecule has 12 heteroatoms. The van der Waals surface area contributed by atoms with E-state index in [1.54, 1.807) is 35.6 Å². The predicted octanol–water partition coefficient (Wildman–Crippen LogP) is 8.04. The number of phenols is 1. The van der Waals surface area contributed by atoms with Gasteiger partial charge in [0.2, 0.25) is 11.8 Å². The molecule has 0 aliphatic carbocycles. The van der Waals surface area contributed by atoms with Gasteiger partial charge in [-0.15, -0.1) is 11.3 Å². The van der Waals surface area contributed by atoms with Gasteiger partial charge in [0.05, 0.1) is 22.6 Å². The van der Waals surface area contributed by atoms with Crippen LogP contribution in [0.2, 0.25) is 0 Å². The van der Waals surface area contributed by atoms with Gasteiger partial charge in [-0.1, -0.05) is 34.1 Å². The number of carbonyl (C=O) groups is 4. The summed E-state index contributed by atoms with van der Waals surface area (Å²) >= 11 is 5.07. The van der Waals surface area contributed by atoms with Crippen molar-refractivity contribution in [1.29, 1.82) is 0 Å². The highest BCUT2D eigenvalue weighted by atomic mass is 79.9. The van der Waals surface area contributed by atoms with Crippen LogP contribution in [0.5, 0.6) is 23.0 Å². The van der Waals surface area contributed by atoms with E-state index in [0.717, 1.165) is 72.6 Å². The molecular formula is C40H35BrN2O8S. The first-order valence-electron chi connectivity index (χ1n) is 17.1. The van der Waals surface area contributed by atoms with E-state index in [1.165, 1.54) is 0 Å². The number of imide groups is 2. The lowest BCUT2D eigenvalue weighted by molar-refractivity contribution is -0.136. The number of amides is 4. The number of carbonyl (C=O) groups excluding carboxylic acids is 4. The monoisotopic (exact) mass is 782 g/mol. The number of piperidine rings is 1.